The van der Waals surface area contributed by atoms with Crippen molar-refractivity contribution >= 4 is 32.1 Å². The summed E-state index contributed by atoms with van der Waals surface area (Å²) in [5, 5.41) is 0. The predicted molar refractivity (Wildman–Crippen MR) is 108 cm³/mol. The van der Waals surface area contributed by atoms with Crippen molar-refractivity contribution in [3.8, 4) is 0 Å². The van der Waals surface area contributed by atoms with Crippen LogP contribution in [0.4, 0.5) is 0 Å². The Morgan fingerprint density at radius 1 is 1.00 bits per heavy atom. The number of aryl methyl sites for hydroxylation is 3. The quantitative estimate of drug-likeness (QED) is 0.499. The number of hydrogen-bond acceptors (Lipinski definition) is 4. The van der Waals surface area contributed by atoms with Gasteiger partial charge < -0.3 is 4.57 Å². The molecule has 1 N–H and O–H groups in total. The molecule has 0 unspecified atom stereocenters. The van der Waals surface area contributed by atoms with E-state index in [2.05, 4.69) is 9.71 Å². The van der Waals surface area contributed by atoms with Gasteiger partial charge in [-0.15, -0.1) is 0 Å². The summed E-state index contributed by atoms with van der Waals surface area (Å²) < 4.78 is 32.8. The minimum absolute atomic E-state index is 0.147. The van der Waals surface area contributed by atoms with Gasteiger partial charge in [0.25, 0.3) is 0 Å². The number of benzene rings is 2. The van der Waals surface area contributed by atoms with Gasteiger partial charge in [-0.25, -0.2) is 22.9 Å². The fraction of sp³-hybridized carbons (Fsp3) is 0.263. The van der Waals surface area contributed by atoms with Crippen LogP contribution in [0.3, 0.4) is 0 Å². The van der Waals surface area contributed by atoms with Crippen LogP contribution in [0.15, 0.2) is 58.5 Å². The van der Waals surface area contributed by atoms with E-state index in [1.165, 1.54) is 21.3 Å². The molecule has 28 heavy (non-hydrogen) atoms. The number of imidazole rings is 2. The lowest BCUT2D eigenvalue weighted by atomic mass is 10.3. The number of nitrogens with zero attached hydrogens (tertiary/aromatic N) is 4. The van der Waals surface area contributed by atoms with E-state index in [0.29, 0.717) is 30.5 Å². The first-order chi connectivity index (χ1) is 13.4. The van der Waals surface area contributed by atoms with Crippen LogP contribution in [0, 0.1) is 0 Å². The molecule has 0 fully saturated rings. The van der Waals surface area contributed by atoms with Gasteiger partial charge in [-0.05, 0) is 36.8 Å². The van der Waals surface area contributed by atoms with Crippen molar-refractivity contribution < 1.29 is 8.42 Å². The largest absolute Gasteiger partial charge is 0.331 e. The van der Waals surface area contributed by atoms with E-state index in [1.54, 1.807) is 26.5 Å². The zero-order valence-electron chi connectivity index (χ0n) is 15.7. The zero-order chi connectivity index (χ0) is 19.9. The number of sulfonamides is 1. The lowest BCUT2D eigenvalue weighted by Gasteiger charge is -2.08. The minimum atomic E-state index is -3.66. The molecule has 9 heteroatoms. The molecule has 0 aliphatic rings. The summed E-state index contributed by atoms with van der Waals surface area (Å²) in [4.78, 5) is 16.5. The number of para-hydroxylation sites is 2. The molecule has 0 saturated carbocycles. The van der Waals surface area contributed by atoms with Crippen LogP contribution in [-0.4, -0.2) is 33.6 Å². The van der Waals surface area contributed by atoms with Gasteiger partial charge in [0.05, 0.1) is 33.3 Å². The molecule has 146 valence electrons. The van der Waals surface area contributed by atoms with Crippen LogP contribution in [0.5, 0.6) is 0 Å². The van der Waals surface area contributed by atoms with Gasteiger partial charge in [-0.1, -0.05) is 12.1 Å². The Balaban J connectivity index is 1.46. The molecule has 8 nitrogen and oxygen atoms in total. The zero-order valence-corrected chi connectivity index (χ0v) is 16.5. The van der Waals surface area contributed by atoms with Gasteiger partial charge in [0.15, 0.2) is 0 Å². The first-order valence-electron chi connectivity index (χ1n) is 8.93. The van der Waals surface area contributed by atoms with E-state index in [-0.39, 0.29) is 10.6 Å². The average Bonchev–Trinajstić information content (AvgIpc) is 3.20. The van der Waals surface area contributed by atoms with Crippen LogP contribution in [-0.2, 0) is 30.7 Å². The topological polar surface area (TPSA) is 90.9 Å². The second-order valence-corrected chi connectivity index (χ2v) is 8.50. The maximum Gasteiger partial charge on any atom is 0.328 e. The Kier molecular flexibility index (Phi) is 4.56. The molecule has 0 bridgehead atoms. The van der Waals surface area contributed by atoms with E-state index < -0.39 is 10.0 Å². The average molecular weight is 399 g/mol. The number of hydrogen-bond donors (Lipinski definition) is 1. The molecule has 4 rings (SSSR count). The van der Waals surface area contributed by atoms with Gasteiger partial charge in [0, 0.05) is 27.2 Å². The van der Waals surface area contributed by atoms with Crippen LogP contribution in [0.25, 0.3) is 22.1 Å². The molecule has 0 amide bonds. The first-order valence-corrected chi connectivity index (χ1v) is 10.4. The number of aromatic nitrogens is 4. The summed E-state index contributed by atoms with van der Waals surface area (Å²) in [6.07, 6.45) is 2.40. The second-order valence-electron chi connectivity index (χ2n) is 6.73. The summed E-state index contributed by atoms with van der Waals surface area (Å²) >= 11 is 0. The summed E-state index contributed by atoms with van der Waals surface area (Å²) in [7, 11) is -0.363. The van der Waals surface area contributed by atoms with Crippen molar-refractivity contribution in [1.29, 1.82) is 0 Å². The second kappa shape index (κ2) is 6.92. The highest BCUT2D eigenvalue weighted by atomic mass is 32.2. The molecular formula is C19H21N5O3S. The first kappa shape index (κ1) is 18.5. The lowest BCUT2D eigenvalue weighted by molar-refractivity contribution is 0.571. The van der Waals surface area contributed by atoms with Crippen molar-refractivity contribution in [2.24, 2.45) is 14.1 Å². The molecule has 2 aromatic carbocycles. The molecule has 0 saturated heterocycles. The highest BCUT2D eigenvalue weighted by Gasteiger charge is 2.16. The van der Waals surface area contributed by atoms with E-state index in [4.69, 9.17) is 0 Å². The van der Waals surface area contributed by atoms with Gasteiger partial charge in [0.2, 0.25) is 10.0 Å². The van der Waals surface area contributed by atoms with Gasteiger partial charge in [-0.3, -0.25) is 9.13 Å². The Bertz CT molecular complexity index is 1330. The molecule has 0 spiro atoms. The van der Waals surface area contributed by atoms with Crippen molar-refractivity contribution in [3.05, 3.63) is 59.3 Å². The Morgan fingerprint density at radius 2 is 1.75 bits per heavy atom. The molecule has 0 aliphatic carbocycles. The Labute approximate surface area is 162 Å². The normalized spacial score (nSPS) is 12.2. The number of rotatable bonds is 6. The van der Waals surface area contributed by atoms with Gasteiger partial charge in [0.1, 0.15) is 0 Å². The Hall–Kier alpha value is -2.91. The van der Waals surface area contributed by atoms with E-state index in [0.717, 1.165) is 11.0 Å². The van der Waals surface area contributed by atoms with Crippen LogP contribution < -0.4 is 10.4 Å². The van der Waals surface area contributed by atoms with Crippen molar-refractivity contribution in [1.82, 2.24) is 23.4 Å². The van der Waals surface area contributed by atoms with Crippen LogP contribution in [0.2, 0.25) is 0 Å². The standard InChI is InChI=1S/C19H21N5O3S/c1-22-17-9-8-14(12-18(17)23(2)19(22)25)28(26,27)21-10-5-11-24-13-20-15-6-3-4-7-16(15)24/h3-4,6-9,12-13,21H,5,10-11H2,1-2H3. The highest BCUT2D eigenvalue weighted by Crippen LogP contribution is 2.18. The van der Waals surface area contributed by atoms with Gasteiger partial charge in [-0.2, -0.15) is 0 Å². The van der Waals surface area contributed by atoms with E-state index in [9.17, 15) is 13.2 Å². The van der Waals surface area contributed by atoms with Crippen molar-refractivity contribution in [2.75, 3.05) is 6.54 Å². The monoisotopic (exact) mass is 399 g/mol. The third-order valence-corrected chi connectivity index (χ3v) is 6.41. The Morgan fingerprint density at radius 3 is 2.57 bits per heavy atom. The molecule has 0 radical (unpaired) electrons. The van der Waals surface area contributed by atoms with E-state index in [1.807, 2.05) is 28.8 Å². The summed E-state index contributed by atoms with van der Waals surface area (Å²) in [5.41, 5.74) is 3.04. The molecule has 2 aromatic heterocycles. The molecular weight excluding hydrogens is 378 g/mol. The number of nitrogens with one attached hydrogen (secondary N) is 1. The van der Waals surface area contributed by atoms with Crippen molar-refractivity contribution in [2.45, 2.75) is 17.9 Å². The van der Waals surface area contributed by atoms with E-state index >= 15 is 0 Å². The maximum atomic E-state index is 12.6. The molecule has 0 aliphatic heterocycles. The molecule has 4 aromatic rings. The molecule has 0 atom stereocenters. The highest BCUT2D eigenvalue weighted by molar-refractivity contribution is 7.89. The fourth-order valence-corrected chi connectivity index (χ4v) is 4.48. The fourth-order valence-electron chi connectivity index (χ4n) is 3.38. The van der Waals surface area contributed by atoms with Gasteiger partial charge >= 0.3 is 5.69 Å². The van der Waals surface area contributed by atoms with Crippen molar-refractivity contribution in [3.63, 3.8) is 0 Å². The molecule has 2 heterocycles. The SMILES string of the molecule is Cn1c(=O)n(C)c2cc(S(=O)(=O)NCCCn3cnc4ccccc43)ccc21. The predicted octanol–water partition coefficient (Wildman–Crippen LogP) is 1.60. The number of fused-ring (bicyclic) bond motifs is 2. The summed E-state index contributed by atoms with van der Waals surface area (Å²) in [6, 6.07) is 12.5. The summed E-state index contributed by atoms with van der Waals surface area (Å²) in [5.74, 6) is 0. The lowest BCUT2D eigenvalue weighted by Crippen LogP contribution is -2.25. The third-order valence-electron chi connectivity index (χ3n) is 4.95. The maximum absolute atomic E-state index is 12.6. The van der Waals surface area contributed by atoms with Crippen LogP contribution in [0.1, 0.15) is 6.42 Å². The van der Waals surface area contributed by atoms with Crippen LogP contribution >= 0.6 is 0 Å². The third kappa shape index (κ3) is 3.12. The summed E-state index contributed by atoms with van der Waals surface area (Å²) in [6.45, 7) is 0.968. The smallest absolute Gasteiger partial charge is 0.328 e. The minimum Gasteiger partial charge on any atom is -0.331 e.